The molecule has 80 valence electrons. The summed E-state index contributed by atoms with van der Waals surface area (Å²) in [6.45, 7) is 0.851. The van der Waals surface area contributed by atoms with Gasteiger partial charge in [-0.1, -0.05) is 0 Å². The Morgan fingerprint density at radius 1 is 1.50 bits per heavy atom. The van der Waals surface area contributed by atoms with Crippen LogP contribution in [0.5, 0.6) is 0 Å². The predicted molar refractivity (Wildman–Crippen MR) is 58.0 cm³/mol. The van der Waals surface area contributed by atoms with Gasteiger partial charge in [0.25, 0.3) is 5.56 Å². The second-order valence-corrected chi connectivity index (χ2v) is 3.97. The van der Waals surface area contributed by atoms with E-state index >= 15 is 0 Å². The van der Waals surface area contributed by atoms with Crippen molar-refractivity contribution in [2.75, 3.05) is 0 Å². The van der Waals surface area contributed by atoms with Gasteiger partial charge in [0, 0.05) is 12.2 Å². The Bertz CT molecular complexity index is 659. The monoisotopic (exact) mass is 214 g/mol. The summed E-state index contributed by atoms with van der Waals surface area (Å²) in [7, 11) is 0. The molecule has 5 nitrogen and oxygen atoms in total. The lowest BCUT2D eigenvalue weighted by Crippen LogP contribution is -2.11. The lowest BCUT2D eigenvalue weighted by molar-refractivity contribution is 0.541. The molecule has 0 saturated heterocycles. The fraction of sp³-hybridized carbons (Fsp3) is 0.364. The molecular weight excluding hydrogens is 204 g/mol. The average Bonchev–Trinajstić information content (AvgIpc) is 2.65. The molecule has 0 saturated carbocycles. The van der Waals surface area contributed by atoms with E-state index < -0.39 is 0 Å². The number of fused-ring (bicyclic) bond motifs is 3. The van der Waals surface area contributed by atoms with E-state index in [0.29, 0.717) is 16.6 Å². The zero-order valence-electron chi connectivity index (χ0n) is 8.66. The van der Waals surface area contributed by atoms with Crippen molar-refractivity contribution in [1.82, 2.24) is 14.5 Å². The van der Waals surface area contributed by atoms with Gasteiger partial charge in [0.15, 0.2) is 0 Å². The van der Waals surface area contributed by atoms with Crippen LogP contribution in [0.3, 0.4) is 0 Å². The van der Waals surface area contributed by atoms with E-state index in [1.54, 1.807) is 0 Å². The first kappa shape index (κ1) is 9.16. The smallest absolute Gasteiger partial charge is 0.261 e. The molecule has 5 heteroatoms. The largest absolute Gasteiger partial charge is 0.328 e. The first-order chi connectivity index (χ1) is 7.83. The third kappa shape index (κ3) is 1.04. The number of aromatic amines is 1. The molecule has 0 bridgehead atoms. The Hall–Kier alpha value is -2.09. The van der Waals surface area contributed by atoms with Crippen LogP contribution in [0.4, 0.5) is 0 Å². The molecule has 2 aromatic rings. The van der Waals surface area contributed by atoms with E-state index in [2.05, 4.69) is 16.0 Å². The number of hydrogen-bond acceptors (Lipinski definition) is 3. The molecule has 0 radical (unpaired) electrons. The minimum absolute atomic E-state index is 0.219. The molecule has 0 fully saturated rings. The Balaban J connectivity index is 2.53. The standard InChI is InChI=1S/C11H10N4O/c12-5-7-8-3-1-2-4-15(8)10-9(7)11(16)14-6-13-10/h6H,1-4H2,(H,13,14,16). The van der Waals surface area contributed by atoms with E-state index in [-0.39, 0.29) is 5.56 Å². The highest BCUT2D eigenvalue weighted by Crippen LogP contribution is 2.26. The van der Waals surface area contributed by atoms with Gasteiger partial charge in [0.1, 0.15) is 17.1 Å². The number of aromatic nitrogens is 3. The van der Waals surface area contributed by atoms with Gasteiger partial charge in [0.05, 0.1) is 11.9 Å². The van der Waals surface area contributed by atoms with Crippen LogP contribution in [0.1, 0.15) is 24.1 Å². The number of hydrogen-bond donors (Lipinski definition) is 1. The van der Waals surface area contributed by atoms with E-state index in [1.807, 2.05) is 4.57 Å². The Kier molecular flexibility index (Phi) is 1.83. The molecule has 3 heterocycles. The molecule has 1 N–H and O–H groups in total. The summed E-state index contributed by atoms with van der Waals surface area (Å²) in [6.07, 6.45) is 4.41. The Morgan fingerprint density at radius 2 is 2.38 bits per heavy atom. The summed E-state index contributed by atoms with van der Waals surface area (Å²) in [6, 6.07) is 2.14. The molecule has 0 spiro atoms. The second kappa shape index (κ2) is 3.20. The zero-order chi connectivity index (χ0) is 11.1. The molecule has 0 atom stereocenters. The fourth-order valence-corrected chi connectivity index (χ4v) is 2.41. The molecule has 2 aromatic heterocycles. The van der Waals surface area contributed by atoms with E-state index in [1.165, 1.54) is 6.33 Å². The van der Waals surface area contributed by atoms with Crippen molar-refractivity contribution in [1.29, 1.82) is 5.26 Å². The van der Waals surface area contributed by atoms with Gasteiger partial charge in [-0.2, -0.15) is 5.26 Å². The van der Waals surface area contributed by atoms with Crippen LogP contribution in [0, 0.1) is 11.3 Å². The van der Waals surface area contributed by atoms with Gasteiger partial charge in [0.2, 0.25) is 0 Å². The van der Waals surface area contributed by atoms with E-state index in [4.69, 9.17) is 5.26 Å². The van der Waals surface area contributed by atoms with Crippen LogP contribution < -0.4 is 5.56 Å². The summed E-state index contributed by atoms with van der Waals surface area (Å²) in [5.74, 6) is 0. The van der Waals surface area contributed by atoms with Gasteiger partial charge < -0.3 is 9.55 Å². The molecule has 0 aliphatic carbocycles. The highest BCUT2D eigenvalue weighted by Gasteiger charge is 2.22. The maximum atomic E-state index is 11.7. The second-order valence-electron chi connectivity index (χ2n) is 3.97. The highest BCUT2D eigenvalue weighted by molar-refractivity contribution is 5.84. The van der Waals surface area contributed by atoms with Crippen LogP contribution in [-0.2, 0) is 13.0 Å². The van der Waals surface area contributed by atoms with Crippen molar-refractivity contribution in [3.8, 4) is 6.07 Å². The lowest BCUT2D eigenvalue weighted by Gasteiger charge is -2.15. The SMILES string of the molecule is N#Cc1c2n(c3nc[nH]c(=O)c13)CCCC2. The van der Waals surface area contributed by atoms with Crippen molar-refractivity contribution >= 4 is 11.0 Å². The molecule has 0 amide bonds. The molecule has 1 aliphatic rings. The molecule has 1 aliphatic heterocycles. The summed E-state index contributed by atoms with van der Waals surface area (Å²) in [4.78, 5) is 18.4. The molecular formula is C11H10N4O. The van der Waals surface area contributed by atoms with Crippen molar-refractivity contribution < 1.29 is 0 Å². The van der Waals surface area contributed by atoms with Crippen molar-refractivity contribution in [3.63, 3.8) is 0 Å². The summed E-state index contributed by atoms with van der Waals surface area (Å²) in [5, 5.41) is 9.61. The van der Waals surface area contributed by atoms with Crippen LogP contribution in [0.15, 0.2) is 11.1 Å². The number of aryl methyl sites for hydroxylation is 1. The lowest BCUT2D eigenvalue weighted by atomic mass is 10.1. The third-order valence-corrected chi connectivity index (χ3v) is 3.11. The van der Waals surface area contributed by atoms with Gasteiger partial charge >= 0.3 is 0 Å². The van der Waals surface area contributed by atoms with Crippen LogP contribution in [-0.4, -0.2) is 14.5 Å². The fourth-order valence-electron chi connectivity index (χ4n) is 2.41. The molecule has 0 aromatic carbocycles. The molecule has 16 heavy (non-hydrogen) atoms. The summed E-state index contributed by atoms with van der Waals surface area (Å²) < 4.78 is 2.01. The number of H-pyrrole nitrogens is 1. The van der Waals surface area contributed by atoms with Gasteiger partial charge in [-0.15, -0.1) is 0 Å². The first-order valence-electron chi connectivity index (χ1n) is 5.32. The Morgan fingerprint density at radius 3 is 3.19 bits per heavy atom. The third-order valence-electron chi connectivity index (χ3n) is 3.11. The normalized spacial score (nSPS) is 14.7. The minimum Gasteiger partial charge on any atom is -0.328 e. The van der Waals surface area contributed by atoms with Crippen LogP contribution in [0.2, 0.25) is 0 Å². The number of rotatable bonds is 0. The van der Waals surface area contributed by atoms with E-state index in [0.717, 1.165) is 31.5 Å². The zero-order valence-corrected chi connectivity index (χ0v) is 8.66. The topological polar surface area (TPSA) is 74.5 Å². The maximum Gasteiger partial charge on any atom is 0.261 e. The quantitative estimate of drug-likeness (QED) is 0.709. The van der Waals surface area contributed by atoms with Crippen LogP contribution >= 0.6 is 0 Å². The minimum atomic E-state index is -0.219. The highest BCUT2D eigenvalue weighted by atomic mass is 16.1. The maximum absolute atomic E-state index is 11.7. The van der Waals surface area contributed by atoms with Gasteiger partial charge in [-0.3, -0.25) is 4.79 Å². The van der Waals surface area contributed by atoms with Crippen molar-refractivity contribution in [2.24, 2.45) is 0 Å². The van der Waals surface area contributed by atoms with Gasteiger partial charge in [-0.05, 0) is 19.3 Å². The molecule has 0 unspecified atom stereocenters. The number of nitrogens with zero attached hydrogens (tertiary/aromatic N) is 3. The first-order valence-corrected chi connectivity index (χ1v) is 5.32. The molecule has 3 rings (SSSR count). The van der Waals surface area contributed by atoms with Gasteiger partial charge in [-0.25, -0.2) is 4.98 Å². The average molecular weight is 214 g/mol. The van der Waals surface area contributed by atoms with Crippen molar-refractivity contribution in [3.05, 3.63) is 27.9 Å². The predicted octanol–water partition coefficient (Wildman–Crippen LogP) is 0.933. The number of nitriles is 1. The van der Waals surface area contributed by atoms with E-state index in [9.17, 15) is 4.79 Å². The number of nitrogens with one attached hydrogen (secondary N) is 1. The Labute approximate surface area is 91.3 Å². The van der Waals surface area contributed by atoms with Crippen LogP contribution in [0.25, 0.3) is 11.0 Å². The summed E-state index contributed by atoms with van der Waals surface area (Å²) >= 11 is 0. The van der Waals surface area contributed by atoms with Crippen molar-refractivity contribution in [2.45, 2.75) is 25.8 Å². The summed E-state index contributed by atoms with van der Waals surface area (Å²) in [5.41, 5.74) is 1.90.